The minimum absolute atomic E-state index is 0.112. The molecule has 4 rings (SSSR count). The van der Waals surface area contributed by atoms with Crippen LogP contribution in [0.4, 0.5) is 14.9 Å². The van der Waals surface area contributed by atoms with Gasteiger partial charge in [-0.15, -0.1) is 0 Å². The monoisotopic (exact) mass is 382 g/mol. The van der Waals surface area contributed by atoms with Crippen molar-refractivity contribution in [2.24, 2.45) is 0 Å². The van der Waals surface area contributed by atoms with Crippen molar-refractivity contribution in [2.45, 2.75) is 19.9 Å². The second-order valence-electron chi connectivity index (χ2n) is 7.09. The van der Waals surface area contributed by atoms with Crippen molar-refractivity contribution in [2.75, 3.05) is 31.1 Å². The van der Waals surface area contributed by atoms with Crippen LogP contribution < -0.4 is 10.2 Å². The standard InChI is InChI=1S/C21H23FN4O2/c1-14-12-17-16(4-3-5-20(17)28-14)15(2)24-21(27)26-10-8-25(9-11-26)19-6-7-23-13-18(19)22/h3-7,12-13,15H,8-11H2,1-2H3,(H,24,27)/t15-/m1/s1. The van der Waals surface area contributed by atoms with Crippen LogP contribution in [0.15, 0.2) is 47.1 Å². The van der Waals surface area contributed by atoms with Crippen molar-refractivity contribution in [1.82, 2.24) is 15.2 Å². The molecule has 0 saturated carbocycles. The molecule has 146 valence electrons. The zero-order chi connectivity index (χ0) is 19.7. The molecule has 0 radical (unpaired) electrons. The van der Waals surface area contributed by atoms with Crippen molar-refractivity contribution >= 4 is 22.7 Å². The summed E-state index contributed by atoms with van der Waals surface area (Å²) < 4.78 is 19.6. The third-order valence-corrected chi connectivity index (χ3v) is 5.18. The van der Waals surface area contributed by atoms with Crippen LogP contribution in [0.1, 0.15) is 24.3 Å². The number of hydrogen-bond acceptors (Lipinski definition) is 4. The first-order chi connectivity index (χ1) is 13.5. The second kappa shape index (κ2) is 7.50. The third kappa shape index (κ3) is 3.52. The Morgan fingerprint density at radius 3 is 2.79 bits per heavy atom. The molecule has 1 aromatic carbocycles. The summed E-state index contributed by atoms with van der Waals surface area (Å²) in [6.45, 7) is 6.12. The number of aromatic nitrogens is 1. The molecule has 2 aromatic heterocycles. The molecule has 1 atom stereocenters. The van der Waals surface area contributed by atoms with Gasteiger partial charge in [-0.05, 0) is 37.6 Å². The predicted molar refractivity (Wildman–Crippen MR) is 106 cm³/mol. The van der Waals surface area contributed by atoms with Gasteiger partial charge in [0.2, 0.25) is 0 Å². The van der Waals surface area contributed by atoms with E-state index in [0.29, 0.717) is 31.9 Å². The second-order valence-corrected chi connectivity index (χ2v) is 7.09. The van der Waals surface area contributed by atoms with Crippen molar-refractivity contribution in [1.29, 1.82) is 0 Å². The molecule has 0 unspecified atom stereocenters. The lowest BCUT2D eigenvalue weighted by Gasteiger charge is -2.36. The summed E-state index contributed by atoms with van der Waals surface area (Å²) in [6, 6.07) is 9.27. The lowest BCUT2D eigenvalue weighted by atomic mass is 10.0. The lowest BCUT2D eigenvalue weighted by molar-refractivity contribution is 0.191. The molecule has 2 amide bonds. The Morgan fingerprint density at radius 1 is 1.25 bits per heavy atom. The van der Waals surface area contributed by atoms with E-state index in [9.17, 15) is 9.18 Å². The molecule has 3 aromatic rings. The number of rotatable bonds is 3. The molecule has 1 fully saturated rings. The van der Waals surface area contributed by atoms with Crippen molar-refractivity contribution in [3.63, 3.8) is 0 Å². The number of piperazine rings is 1. The van der Waals surface area contributed by atoms with Crippen LogP contribution in [-0.4, -0.2) is 42.1 Å². The average Bonchev–Trinajstić information content (AvgIpc) is 3.08. The highest BCUT2D eigenvalue weighted by atomic mass is 19.1. The summed E-state index contributed by atoms with van der Waals surface area (Å²) >= 11 is 0. The topological polar surface area (TPSA) is 61.6 Å². The fraction of sp³-hybridized carbons (Fsp3) is 0.333. The fourth-order valence-corrected chi connectivity index (χ4v) is 3.72. The number of anilines is 1. The molecule has 3 heterocycles. The van der Waals surface area contributed by atoms with Crippen LogP contribution in [0.25, 0.3) is 11.0 Å². The number of nitrogens with zero attached hydrogens (tertiary/aromatic N) is 3. The molecule has 7 heteroatoms. The SMILES string of the molecule is Cc1cc2c([C@@H](C)NC(=O)N3CCN(c4ccncc4F)CC3)cccc2o1. The molecule has 0 bridgehead atoms. The number of pyridine rings is 1. The molecular weight excluding hydrogens is 359 g/mol. The maximum absolute atomic E-state index is 13.9. The predicted octanol–water partition coefficient (Wildman–Crippen LogP) is 3.87. The highest BCUT2D eigenvalue weighted by Crippen LogP contribution is 2.27. The summed E-state index contributed by atoms with van der Waals surface area (Å²) in [6.07, 6.45) is 2.80. The first kappa shape index (κ1) is 18.3. The summed E-state index contributed by atoms with van der Waals surface area (Å²) in [5.74, 6) is 0.512. The van der Waals surface area contributed by atoms with Gasteiger partial charge < -0.3 is 19.5 Å². The van der Waals surface area contributed by atoms with Gasteiger partial charge in [-0.2, -0.15) is 0 Å². The molecular formula is C21H23FN4O2. The highest BCUT2D eigenvalue weighted by Gasteiger charge is 2.24. The van der Waals surface area contributed by atoms with E-state index in [1.165, 1.54) is 6.20 Å². The fourth-order valence-electron chi connectivity index (χ4n) is 3.72. The molecule has 1 aliphatic heterocycles. The number of hydrogen-bond donors (Lipinski definition) is 1. The normalized spacial score (nSPS) is 15.7. The van der Waals surface area contributed by atoms with Crippen LogP contribution in [-0.2, 0) is 0 Å². The minimum atomic E-state index is -0.336. The van der Waals surface area contributed by atoms with E-state index in [2.05, 4.69) is 10.3 Å². The smallest absolute Gasteiger partial charge is 0.317 e. The van der Waals surface area contributed by atoms with Crippen LogP contribution in [0, 0.1) is 12.7 Å². The van der Waals surface area contributed by atoms with Gasteiger partial charge in [0.25, 0.3) is 0 Å². The number of carbonyl (C=O) groups is 1. The number of amides is 2. The number of urea groups is 1. The number of nitrogens with one attached hydrogen (secondary N) is 1. The highest BCUT2D eigenvalue weighted by molar-refractivity contribution is 5.83. The van der Waals surface area contributed by atoms with Gasteiger partial charge in [0.15, 0.2) is 5.82 Å². The molecule has 6 nitrogen and oxygen atoms in total. The Hall–Kier alpha value is -3.09. The van der Waals surface area contributed by atoms with Crippen molar-refractivity contribution < 1.29 is 13.6 Å². The summed E-state index contributed by atoms with van der Waals surface area (Å²) in [5.41, 5.74) is 2.38. The first-order valence-corrected chi connectivity index (χ1v) is 9.42. The van der Waals surface area contributed by atoms with Crippen molar-refractivity contribution in [3.05, 3.63) is 59.9 Å². The summed E-state index contributed by atoms with van der Waals surface area (Å²) in [4.78, 5) is 20.2. The molecule has 28 heavy (non-hydrogen) atoms. The van der Waals surface area contributed by atoms with Gasteiger partial charge >= 0.3 is 6.03 Å². The Morgan fingerprint density at radius 2 is 2.04 bits per heavy atom. The van der Waals surface area contributed by atoms with Gasteiger partial charge in [-0.3, -0.25) is 4.98 Å². The van der Waals surface area contributed by atoms with E-state index >= 15 is 0 Å². The minimum Gasteiger partial charge on any atom is -0.461 e. The Bertz CT molecular complexity index is 995. The quantitative estimate of drug-likeness (QED) is 0.747. The third-order valence-electron chi connectivity index (χ3n) is 5.18. The van der Waals surface area contributed by atoms with E-state index < -0.39 is 0 Å². The zero-order valence-electron chi connectivity index (χ0n) is 16.0. The van der Waals surface area contributed by atoms with Gasteiger partial charge in [0.05, 0.1) is 17.9 Å². The zero-order valence-corrected chi connectivity index (χ0v) is 16.0. The number of benzene rings is 1. The number of halogens is 1. The van der Waals surface area contributed by atoms with Gasteiger partial charge in [-0.25, -0.2) is 9.18 Å². The number of aryl methyl sites for hydroxylation is 1. The summed E-state index contributed by atoms with van der Waals surface area (Å²) in [5, 5.41) is 4.10. The Kier molecular flexibility index (Phi) is 4.90. The largest absolute Gasteiger partial charge is 0.461 e. The number of fused-ring (bicyclic) bond motifs is 1. The van der Waals surface area contributed by atoms with E-state index in [4.69, 9.17) is 4.42 Å². The molecule has 1 N–H and O–H groups in total. The average molecular weight is 382 g/mol. The van der Waals surface area contributed by atoms with E-state index in [1.807, 2.05) is 43.0 Å². The molecule has 0 spiro atoms. The van der Waals surface area contributed by atoms with Crippen molar-refractivity contribution in [3.8, 4) is 0 Å². The van der Waals surface area contributed by atoms with Gasteiger partial charge in [-0.1, -0.05) is 12.1 Å². The van der Waals surface area contributed by atoms with Crippen LogP contribution >= 0.6 is 0 Å². The Balaban J connectivity index is 1.40. The van der Waals surface area contributed by atoms with Crippen LogP contribution in [0.5, 0.6) is 0 Å². The first-order valence-electron chi connectivity index (χ1n) is 9.42. The maximum atomic E-state index is 13.9. The molecule has 1 aliphatic rings. The van der Waals surface area contributed by atoms with Crippen LogP contribution in [0.2, 0.25) is 0 Å². The Labute approximate surface area is 162 Å². The molecule has 0 aliphatic carbocycles. The van der Waals surface area contributed by atoms with E-state index in [0.717, 1.165) is 22.3 Å². The number of furan rings is 1. The number of carbonyl (C=O) groups excluding carboxylic acids is 1. The maximum Gasteiger partial charge on any atom is 0.317 e. The van der Waals surface area contributed by atoms with E-state index in [-0.39, 0.29) is 17.9 Å². The van der Waals surface area contributed by atoms with Crippen LogP contribution in [0.3, 0.4) is 0 Å². The lowest BCUT2D eigenvalue weighted by Crippen LogP contribution is -2.52. The van der Waals surface area contributed by atoms with Gasteiger partial charge in [0, 0.05) is 37.8 Å². The molecule has 1 saturated heterocycles. The van der Waals surface area contributed by atoms with E-state index in [1.54, 1.807) is 17.2 Å². The van der Waals surface area contributed by atoms with Gasteiger partial charge in [0.1, 0.15) is 11.3 Å². The summed E-state index contributed by atoms with van der Waals surface area (Å²) in [7, 11) is 0.